The topological polar surface area (TPSA) is 38.8 Å². The molecule has 4 nitrogen and oxygen atoms in total. The highest BCUT2D eigenvalue weighted by Gasteiger charge is 2.68. The van der Waals surface area contributed by atoms with Gasteiger partial charge in [0.2, 0.25) is 5.91 Å². The molecular weight excluding hydrogens is 290 g/mol. The molecule has 0 aromatic heterocycles. The zero-order valence-corrected chi connectivity index (χ0v) is 15.3. The van der Waals surface area contributed by atoms with Crippen LogP contribution in [-0.4, -0.2) is 49.3 Å². The van der Waals surface area contributed by atoms with E-state index >= 15 is 0 Å². The van der Waals surface area contributed by atoms with Crippen LogP contribution in [0.25, 0.3) is 0 Å². The highest BCUT2D eigenvalue weighted by molar-refractivity contribution is 5.84. The molecule has 3 fully saturated rings. The number of likely N-dealkylation sites (tertiary alicyclic amines) is 1. The smallest absolute Gasteiger partial charge is 0.226 e. The SMILES string of the molecule is CC1(C)C(C(=O)N2CCC(OCC3CCCCO3)CC2)C1(C)C. The van der Waals surface area contributed by atoms with Crippen LogP contribution in [0.4, 0.5) is 0 Å². The van der Waals surface area contributed by atoms with Crippen LogP contribution >= 0.6 is 0 Å². The number of carbonyl (C=O) groups excluding carboxylic acids is 1. The molecule has 1 aliphatic carbocycles. The zero-order valence-electron chi connectivity index (χ0n) is 15.3. The highest BCUT2D eigenvalue weighted by Crippen LogP contribution is 2.68. The molecule has 0 spiro atoms. The molecule has 1 unspecified atom stereocenters. The summed E-state index contributed by atoms with van der Waals surface area (Å²) in [4.78, 5) is 14.8. The van der Waals surface area contributed by atoms with Crippen molar-refractivity contribution in [1.82, 2.24) is 4.90 Å². The van der Waals surface area contributed by atoms with E-state index in [9.17, 15) is 4.79 Å². The third kappa shape index (κ3) is 3.30. The third-order valence-electron chi connectivity index (χ3n) is 6.81. The summed E-state index contributed by atoms with van der Waals surface area (Å²) in [6, 6.07) is 0. The Balaban J connectivity index is 1.41. The number of hydrogen-bond acceptors (Lipinski definition) is 3. The van der Waals surface area contributed by atoms with E-state index in [0.29, 0.717) is 12.0 Å². The van der Waals surface area contributed by atoms with Gasteiger partial charge in [-0.15, -0.1) is 0 Å². The van der Waals surface area contributed by atoms with Crippen molar-refractivity contribution in [2.75, 3.05) is 26.3 Å². The predicted octanol–water partition coefficient (Wildman–Crippen LogP) is 3.25. The minimum Gasteiger partial charge on any atom is -0.376 e. The van der Waals surface area contributed by atoms with Crippen LogP contribution in [0.3, 0.4) is 0 Å². The van der Waals surface area contributed by atoms with E-state index in [2.05, 4.69) is 32.6 Å². The van der Waals surface area contributed by atoms with Gasteiger partial charge in [0.1, 0.15) is 0 Å². The highest BCUT2D eigenvalue weighted by atomic mass is 16.5. The number of carbonyl (C=O) groups is 1. The van der Waals surface area contributed by atoms with Crippen molar-refractivity contribution in [2.45, 2.75) is 72.0 Å². The van der Waals surface area contributed by atoms with Gasteiger partial charge in [0.25, 0.3) is 0 Å². The molecule has 0 bridgehead atoms. The second kappa shape index (κ2) is 6.36. The summed E-state index contributed by atoms with van der Waals surface area (Å²) in [5.74, 6) is 0.539. The van der Waals surface area contributed by atoms with Gasteiger partial charge in [0.15, 0.2) is 0 Å². The van der Waals surface area contributed by atoms with Crippen LogP contribution < -0.4 is 0 Å². The van der Waals surface area contributed by atoms with Crippen molar-refractivity contribution in [2.24, 2.45) is 16.7 Å². The van der Waals surface area contributed by atoms with E-state index in [1.54, 1.807) is 0 Å². The Bertz CT molecular complexity index is 418. The minimum absolute atomic E-state index is 0.135. The van der Waals surface area contributed by atoms with Gasteiger partial charge in [0, 0.05) is 25.6 Å². The summed E-state index contributed by atoms with van der Waals surface area (Å²) in [7, 11) is 0. The summed E-state index contributed by atoms with van der Waals surface area (Å²) in [5.41, 5.74) is 0.269. The van der Waals surface area contributed by atoms with Gasteiger partial charge in [0.05, 0.1) is 18.8 Å². The van der Waals surface area contributed by atoms with Crippen molar-refractivity contribution in [3.8, 4) is 0 Å². The molecule has 3 aliphatic rings. The lowest BCUT2D eigenvalue weighted by Gasteiger charge is -2.33. The molecule has 0 aromatic rings. The Hall–Kier alpha value is -0.610. The monoisotopic (exact) mass is 323 g/mol. The summed E-state index contributed by atoms with van der Waals surface area (Å²) < 4.78 is 11.8. The van der Waals surface area contributed by atoms with Crippen LogP contribution in [0.2, 0.25) is 0 Å². The average molecular weight is 323 g/mol. The fraction of sp³-hybridized carbons (Fsp3) is 0.947. The Morgan fingerprint density at radius 3 is 2.26 bits per heavy atom. The number of rotatable bonds is 4. The molecule has 0 N–H and O–H groups in total. The van der Waals surface area contributed by atoms with Crippen LogP contribution in [0.1, 0.15) is 59.8 Å². The van der Waals surface area contributed by atoms with Gasteiger partial charge in [-0.1, -0.05) is 27.7 Å². The molecule has 1 saturated carbocycles. The van der Waals surface area contributed by atoms with Crippen LogP contribution in [0.15, 0.2) is 0 Å². The Kier molecular flexibility index (Phi) is 4.76. The van der Waals surface area contributed by atoms with Gasteiger partial charge >= 0.3 is 0 Å². The Morgan fingerprint density at radius 1 is 1.09 bits per heavy atom. The number of nitrogens with zero attached hydrogens (tertiary/aromatic N) is 1. The van der Waals surface area contributed by atoms with E-state index in [-0.39, 0.29) is 22.9 Å². The average Bonchev–Trinajstić information content (AvgIpc) is 2.95. The van der Waals surface area contributed by atoms with E-state index < -0.39 is 0 Å². The predicted molar refractivity (Wildman–Crippen MR) is 90.2 cm³/mol. The van der Waals surface area contributed by atoms with Gasteiger partial charge in [-0.25, -0.2) is 0 Å². The molecular formula is C19H33NO3. The molecule has 1 amide bonds. The summed E-state index contributed by atoms with van der Waals surface area (Å²) in [6.45, 7) is 12.2. The van der Waals surface area contributed by atoms with Crippen molar-refractivity contribution < 1.29 is 14.3 Å². The minimum atomic E-state index is 0.135. The lowest BCUT2D eigenvalue weighted by atomic mass is 10.0. The van der Waals surface area contributed by atoms with E-state index in [1.165, 1.54) is 12.8 Å². The quantitative estimate of drug-likeness (QED) is 0.797. The number of amides is 1. The first-order valence-corrected chi connectivity index (χ1v) is 9.36. The Labute approximate surface area is 140 Å². The van der Waals surface area contributed by atoms with Crippen LogP contribution in [-0.2, 0) is 14.3 Å². The van der Waals surface area contributed by atoms with Crippen molar-refractivity contribution in [3.63, 3.8) is 0 Å². The third-order valence-corrected chi connectivity index (χ3v) is 6.81. The Morgan fingerprint density at radius 2 is 1.74 bits per heavy atom. The van der Waals surface area contributed by atoms with Crippen LogP contribution in [0, 0.1) is 16.7 Å². The molecule has 4 heteroatoms. The molecule has 3 rings (SSSR count). The fourth-order valence-corrected chi connectivity index (χ4v) is 4.42. The van der Waals surface area contributed by atoms with Gasteiger partial charge in [-0.3, -0.25) is 4.79 Å². The van der Waals surface area contributed by atoms with Gasteiger partial charge in [-0.2, -0.15) is 0 Å². The maximum Gasteiger partial charge on any atom is 0.226 e. The first-order chi connectivity index (χ1) is 10.8. The molecule has 1 atom stereocenters. The lowest BCUT2D eigenvalue weighted by molar-refractivity contribution is -0.137. The summed E-state index contributed by atoms with van der Waals surface area (Å²) in [6.07, 6.45) is 6.08. The second-order valence-corrected chi connectivity index (χ2v) is 8.72. The second-order valence-electron chi connectivity index (χ2n) is 8.72. The lowest BCUT2D eigenvalue weighted by Crippen LogP contribution is -2.43. The normalized spacial score (nSPS) is 31.1. The summed E-state index contributed by atoms with van der Waals surface area (Å²) in [5, 5.41) is 0. The van der Waals surface area contributed by atoms with Gasteiger partial charge in [-0.05, 0) is 42.9 Å². The molecule has 2 heterocycles. The van der Waals surface area contributed by atoms with Crippen LogP contribution in [0.5, 0.6) is 0 Å². The van der Waals surface area contributed by atoms with E-state index in [4.69, 9.17) is 9.47 Å². The molecule has 0 aromatic carbocycles. The standard InChI is InChI=1S/C19H33NO3/c1-18(2)16(19(18,3)4)17(21)20-10-8-14(9-11-20)23-13-15-7-5-6-12-22-15/h14-16H,5-13H2,1-4H3. The van der Waals surface area contributed by atoms with Gasteiger partial charge < -0.3 is 14.4 Å². The maximum absolute atomic E-state index is 12.8. The van der Waals surface area contributed by atoms with E-state index in [1.807, 2.05) is 0 Å². The molecule has 2 aliphatic heterocycles. The van der Waals surface area contributed by atoms with E-state index in [0.717, 1.165) is 45.6 Å². The summed E-state index contributed by atoms with van der Waals surface area (Å²) >= 11 is 0. The first kappa shape index (κ1) is 17.2. The fourth-order valence-electron chi connectivity index (χ4n) is 4.42. The number of ether oxygens (including phenoxy) is 2. The van der Waals surface area contributed by atoms with Crippen molar-refractivity contribution >= 4 is 5.91 Å². The molecule has 23 heavy (non-hydrogen) atoms. The number of hydrogen-bond donors (Lipinski definition) is 0. The molecule has 2 saturated heterocycles. The largest absolute Gasteiger partial charge is 0.376 e. The maximum atomic E-state index is 12.8. The first-order valence-electron chi connectivity index (χ1n) is 9.36. The van der Waals surface area contributed by atoms with Crippen molar-refractivity contribution in [1.29, 1.82) is 0 Å². The molecule has 132 valence electrons. The number of piperidine rings is 1. The van der Waals surface area contributed by atoms with Crippen molar-refractivity contribution in [3.05, 3.63) is 0 Å². The molecule has 0 radical (unpaired) electrons. The zero-order chi connectivity index (χ0) is 16.7.